The molecule has 4 nitrogen and oxygen atoms in total. The Balaban J connectivity index is 2.24. The van der Waals surface area contributed by atoms with Crippen molar-refractivity contribution in [1.82, 2.24) is 5.32 Å². The van der Waals surface area contributed by atoms with Gasteiger partial charge >= 0.3 is 11.9 Å². The summed E-state index contributed by atoms with van der Waals surface area (Å²) >= 11 is 0. The van der Waals surface area contributed by atoms with E-state index in [4.69, 9.17) is 0 Å². The fourth-order valence-electron chi connectivity index (χ4n) is 2.15. The molecule has 1 fully saturated rings. The molecule has 1 rings (SSSR count). The monoisotopic (exact) mass is 213 g/mol. The molecule has 15 heavy (non-hydrogen) atoms. The van der Waals surface area contributed by atoms with Gasteiger partial charge in [0.2, 0.25) is 0 Å². The van der Waals surface area contributed by atoms with Gasteiger partial charge < -0.3 is 10.1 Å². The van der Waals surface area contributed by atoms with Gasteiger partial charge in [-0.15, -0.1) is 0 Å². The number of amides is 1. The molecule has 1 amide bonds. The fraction of sp³-hybridized carbons (Fsp3) is 0.818. The number of methoxy groups -OCH3 is 1. The smallest absolute Gasteiger partial charge is 0.396 e. The maximum Gasteiger partial charge on any atom is 0.396 e. The second-order valence-electron chi connectivity index (χ2n) is 4.34. The van der Waals surface area contributed by atoms with Crippen molar-refractivity contribution in [2.75, 3.05) is 13.7 Å². The Morgan fingerprint density at radius 1 is 1.40 bits per heavy atom. The molecule has 4 heteroatoms. The van der Waals surface area contributed by atoms with Crippen LogP contribution in [-0.2, 0) is 14.3 Å². The maximum absolute atomic E-state index is 11.1. The first-order chi connectivity index (χ1) is 7.13. The highest BCUT2D eigenvalue weighted by Crippen LogP contribution is 2.27. The summed E-state index contributed by atoms with van der Waals surface area (Å²) in [6, 6.07) is 0. The Kier molecular flexibility index (Phi) is 4.59. The van der Waals surface area contributed by atoms with Crippen molar-refractivity contribution in [1.29, 1.82) is 0 Å². The molecule has 0 aliphatic heterocycles. The summed E-state index contributed by atoms with van der Waals surface area (Å²) in [6.07, 6.45) is 4.79. The molecule has 0 aromatic heterocycles. The Morgan fingerprint density at radius 3 is 2.73 bits per heavy atom. The molecular formula is C11H19NO3. The van der Waals surface area contributed by atoms with Crippen LogP contribution in [-0.4, -0.2) is 25.5 Å². The van der Waals surface area contributed by atoms with Crippen molar-refractivity contribution in [2.24, 2.45) is 11.8 Å². The molecule has 0 aromatic rings. The third-order valence-electron chi connectivity index (χ3n) is 2.97. The Bertz CT molecular complexity index is 240. The molecule has 0 aromatic carbocycles. The van der Waals surface area contributed by atoms with Crippen molar-refractivity contribution in [3.8, 4) is 0 Å². The number of carbonyl (C=O) groups is 2. The highest BCUT2D eigenvalue weighted by molar-refractivity contribution is 6.32. The lowest BCUT2D eigenvalue weighted by Crippen LogP contribution is -2.36. The Labute approximate surface area is 90.4 Å². The van der Waals surface area contributed by atoms with Crippen LogP contribution in [0.3, 0.4) is 0 Å². The minimum Gasteiger partial charge on any atom is -0.462 e. The molecule has 1 aliphatic carbocycles. The summed E-state index contributed by atoms with van der Waals surface area (Å²) in [6.45, 7) is 2.83. The molecular weight excluding hydrogens is 194 g/mol. The largest absolute Gasteiger partial charge is 0.462 e. The van der Waals surface area contributed by atoms with Gasteiger partial charge in [-0.3, -0.25) is 4.79 Å². The van der Waals surface area contributed by atoms with Crippen molar-refractivity contribution in [3.05, 3.63) is 0 Å². The second kappa shape index (κ2) is 5.73. The first kappa shape index (κ1) is 12.0. The summed E-state index contributed by atoms with van der Waals surface area (Å²) in [5.74, 6) is -0.185. The van der Waals surface area contributed by atoms with Gasteiger partial charge in [0, 0.05) is 6.54 Å². The van der Waals surface area contributed by atoms with Crippen molar-refractivity contribution in [3.63, 3.8) is 0 Å². The highest BCUT2D eigenvalue weighted by atomic mass is 16.5. The first-order valence-electron chi connectivity index (χ1n) is 5.49. The van der Waals surface area contributed by atoms with E-state index in [-0.39, 0.29) is 0 Å². The minimum absolute atomic E-state index is 0.516. The summed E-state index contributed by atoms with van der Waals surface area (Å²) in [5.41, 5.74) is 0. The van der Waals surface area contributed by atoms with Gasteiger partial charge in [0.05, 0.1) is 7.11 Å². The van der Waals surface area contributed by atoms with Crippen LogP contribution in [0.2, 0.25) is 0 Å². The van der Waals surface area contributed by atoms with Crippen molar-refractivity contribution >= 4 is 11.9 Å². The molecule has 0 heterocycles. The number of esters is 1. The number of ether oxygens (including phenoxy) is 1. The molecule has 1 aliphatic rings. The van der Waals surface area contributed by atoms with Gasteiger partial charge in [-0.1, -0.05) is 19.8 Å². The predicted molar refractivity (Wildman–Crippen MR) is 56.1 cm³/mol. The molecule has 2 atom stereocenters. The number of nitrogens with one attached hydrogen (secondary N) is 1. The molecule has 86 valence electrons. The zero-order chi connectivity index (χ0) is 11.3. The average Bonchev–Trinajstić information content (AvgIpc) is 2.25. The minimum atomic E-state index is -0.807. The van der Waals surface area contributed by atoms with Gasteiger partial charge in [0.25, 0.3) is 0 Å². The van der Waals surface area contributed by atoms with Crippen LogP contribution < -0.4 is 5.32 Å². The van der Waals surface area contributed by atoms with Gasteiger partial charge in [-0.25, -0.2) is 4.79 Å². The SMILES string of the molecule is COC(=O)C(=O)NCC1CCCC(C)C1. The molecule has 2 unspecified atom stereocenters. The van der Waals surface area contributed by atoms with Crippen LogP contribution in [0.5, 0.6) is 0 Å². The van der Waals surface area contributed by atoms with E-state index in [2.05, 4.69) is 17.0 Å². The molecule has 1 N–H and O–H groups in total. The number of carbonyl (C=O) groups excluding carboxylic acids is 2. The fourth-order valence-corrected chi connectivity index (χ4v) is 2.15. The van der Waals surface area contributed by atoms with Crippen LogP contribution in [0.1, 0.15) is 32.6 Å². The molecule has 0 bridgehead atoms. The lowest BCUT2D eigenvalue weighted by atomic mass is 9.82. The molecule has 0 spiro atoms. The first-order valence-corrected chi connectivity index (χ1v) is 5.49. The Hall–Kier alpha value is -1.06. The normalized spacial score (nSPS) is 25.7. The van der Waals surface area contributed by atoms with Gasteiger partial charge in [0.15, 0.2) is 0 Å². The number of hydrogen-bond donors (Lipinski definition) is 1. The summed E-state index contributed by atoms with van der Waals surface area (Å²) < 4.78 is 4.32. The van der Waals surface area contributed by atoms with Crippen molar-refractivity contribution in [2.45, 2.75) is 32.6 Å². The summed E-state index contributed by atoms with van der Waals surface area (Å²) in [7, 11) is 1.21. The average molecular weight is 213 g/mol. The van der Waals surface area contributed by atoms with Gasteiger partial charge in [-0.05, 0) is 24.7 Å². The Morgan fingerprint density at radius 2 is 2.13 bits per heavy atom. The van der Waals surface area contributed by atoms with Crippen LogP contribution in [0.4, 0.5) is 0 Å². The zero-order valence-electron chi connectivity index (χ0n) is 9.41. The zero-order valence-corrected chi connectivity index (χ0v) is 9.41. The predicted octanol–water partition coefficient (Wildman–Crippen LogP) is 1.10. The maximum atomic E-state index is 11.1. The molecule has 1 saturated carbocycles. The lowest BCUT2D eigenvalue weighted by Gasteiger charge is -2.26. The molecule has 0 saturated heterocycles. The second-order valence-corrected chi connectivity index (χ2v) is 4.34. The van der Waals surface area contributed by atoms with Gasteiger partial charge in [0.1, 0.15) is 0 Å². The van der Waals surface area contributed by atoms with E-state index in [9.17, 15) is 9.59 Å². The highest BCUT2D eigenvalue weighted by Gasteiger charge is 2.21. The van der Waals surface area contributed by atoms with E-state index in [0.29, 0.717) is 12.5 Å². The van der Waals surface area contributed by atoms with Gasteiger partial charge in [-0.2, -0.15) is 0 Å². The van der Waals surface area contributed by atoms with E-state index < -0.39 is 11.9 Å². The van der Waals surface area contributed by atoms with E-state index in [0.717, 1.165) is 18.8 Å². The summed E-state index contributed by atoms with van der Waals surface area (Å²) in [5, 5.41) is 2.61. The van der Waals surface area contributed by atoms with Crippen molar-refractivity contribution < 1.29 is 14.3 Å². The lowest BCUT2D eigenvalue weighted by molar-refractivity contribution is -0.152. The third kappa shape index (κ3) is 3.90. The number of hydrogen-bond acceptors (Lipinski definition) is 3. The van der Waals surface area contributed by atoms with Crippen LogP contribution in [0, 0.1) is 11.8 Å². The van der Waals surface area contributed by atoms with Crippen LogP contribution in [0.25, 0.3) is 0 Å². The standard InChI is InChI=1S/C11H19NO3/c1-8-4-3-5-9(6-8)7-12-10(13)11(14)15-2/h8-9H,3-7H2,1-2H3,(H,12,13). The van der Waals surface area contributed by atoms with E-state index in [1.54, 1.807) is 0 Å². The third-order valence-corrected chi connectivity index (χ3v) is 2.97. The van der Waals surface area contributed by atoms with E-state index in [1.807, 2.05) is 0 Å². The molecule has 0 radical (unpaired) electrons. The quantitative estimate of drug-likeness (QED) is 0.552. The summed E-state index contributed by atoms with van der Waals surface area (Å²) in [4.78, 5) is 21.9. The van der Waals surface area contributed by atoms with Crippen LogP contribution in [0.15, 0.2) is 0 Å². The number of rotatable bonds is 2. The van der Waals surface area contributed by atoms with E-state index >= 15 is 0 Å². The topological polar surface area (TPSA) is 55.4 Å². The van der Waals surface area contributed by atoms with E-state index in [1.165, 1.54) is 20.0 Å². The van der Waals surface area contributed by atoms with Crippen LogP contribution >= 0.6 is 0 Å².